The minimum Gasteiger partial charge on any atom is -0.503 e. The molecule has 1 amide bonds. The Balaban J connectivity index is 1.64. The van der Waals surface area contributed by atoms with Gasteiger partial charge in [0.05, 0.1) is 34.7 Å². The number of thiazole rings is 1. The molecule has 1 N–H and O–H groups in total. The zero-order valence-corrected chi connectivity index (χ0v) is 18.8. The normalized spacial score (nSPS) is 16.1. The molecule has 1 atom stereocenters. The first-order valence-corrected chi connectivity index (χ1v) is 11.2. The number of amides is 1. The van der Waals surface area contributed by atoms with Crippen LogP contribution in [0.2, 0.25) is 0 Å². The molecule has 0 fully saturated rings. The summed E-state index contributed by atoms with van der Waals surface area (Å²) in [4.78, 5) is 32.5. The Bertz CT molecular complexity index is 1390. The summed E-state index contributed by atoms with van der Waals surface area (Å²) in [6, 6.07) is 15.2. The highest BCUT2D eigenvalue weighted by atomic mass is 32.1. The van der Waals surface area contributed by atoms with E-state index in [1.165, 1.54) is 28.6 Å². The third-order valence-corrected chi connectivity index (χ3v) is 6.47. The second kappa shape index (κ2) is 8.22. The number of aryl methyl sites for hydroxylation is 1. The Morgan fingerprint density at radius 1 is 1.21 bits per heavy atom. The maximum Gasteiger partial charge on any atom is 0.296 e. The van der Waals surface area contributed by atoms with Gasteiger partial charge in [0.25, 0.3) is 5.91 Å². The molecule has 3 heterocycles. The number of aliphatic hydroxyl groups excluding tert-OH is 1. The fourth-order valence-electron chi connectivity index (χ4n) is 3.89. The van der Waals surface area contributed by atoms with Crippen molar-refractivity contribution in [3.63, 3.8) is 0 Å². The van der Waals surface area contributed by atoms with E-state index < -0.39 is 23.5 Å². The molecule has 2 aromatic heterocycles. The molecule has 0 saturated heterocycles. The summed E-state index contributed by atoms with van der Waals surface area (Å²) in [5.74, 6) is -1.07. The summed E-state index contributed by atoms with van der Waals surface area (Å²) < 4.78 is 11.7. The number of aromatic nitrogens is 1. The van der Waals surface area contributed by atoms with E-state index in [1.54, 1.807) is 6.07 Å². The van der Waals surface area contributed by atoms with Crippen LogP contribution in [0.5, 0.6) is 5.75 Å². The van der Waals surface area contributed by atoms with Crippen LogP contribution in [0, 0.1) is 6.92 Å². The lowest BCUT2D eigenvalue weighted by atomic mass is 9.94. The fourth-order valence-corrected chi connectivity index (χ4v) is 4.91. The van der Waals surface area contributed by atoms with Gasteiger partial charge in [0.15, 0.2) is 16.7 Å². The van der Waals surface area contributed by atoms with Crippen molar-refractivity contribution in [3.8, 4) is 5.75 Å². The molecule has 8 heteroatoms. The smallest absolute Gasteiger partial charge is 0.296 e. The summed E-state index contributed by atoms with van der Waals surface area (Å²) in [7, 11) is 0. The van der Waals surface area contributed by atoms with Gasteiger partial charge in [0.1, 0.15) is 5.75 Å². The molecule has 1 aliphatic rings. The van der Waals surface area contributed by atoms with Gasteiger partial charge in [-0.05, 0) is 49.7 Å². The van der Waals surface area contributed by atoms with E-state index in [0.717, 1.165) is 10.3 Å². The average molecular weight is 461 g/mol. The molecule has 0 bridgehead atoms. The van der Waals surface area contributed by atoms with Crippen LogP contribution in [-0.2, 0) is 4.79 Å². The zero-order chi connectivity index (χ0) is 23.1. The number of hydrogen-bond acceptors (Lipinski definition) is 7. The lowest BCUT2D eigenvalue weighted by Gasteiger charge is -2.24. The first kappa shape index (κ1) is 21.0. The van der Waals surface area contributed by atoms with E-state index in [2.05, 4.69) is 4.98 Å². The molecule has 7 nitrogen and oxygen atoms in total. The molecule has 166 valence electrons. The number of rotatable bonds is 6. The number of ketones is 1. The van der Waals surface area contributed by atoms with Gasteiger partial charge >= 0.3 is 0 Å². The zero-order valence-electron chi connectivity index (χ0n) is 17.9. The maximum atomic E-state index is 13.3. The fraction of sp³-hybridized carbons (Fsp3) is 0.160. The number of carbonyl (C=O) groups is 2. The standard InChI is InChI=1S/C25H20N2O5S/c1-3-31-16-10-11-17-19(13-16)33-25(26-17)27-21(15-8-6-14(2)7-9-15)20(23(29)24(27)30)22(28)18-5-4-12-32-18/h4-13,21,29H,3H2,1-2H3/t21-/m0/s1. The molecular weight excluding hydrogens is 440 g/mol. The van der Waals surface area contributed by atoms with Crippen molar-refractivity contribution >= 4 is 38.4 Å². The average Bonchev–Trinajstić information content (AvgIpc) is 3.53. The molecule has 33 heavy (non-hydrogen) atoms. The molecule has 5 rings (SSSR count). The molecule has 0 unspecified atom stereocenters. The lowest BCUT2D eigenvalue weighted by molar-refractivity contribution is -0.117. The predicted molar refractivity (Wildman–Crippen MR) is 125 cm³/mol. The van der Waals surface area contributed by atoms with Gasteiger partial charge in [0, 0.05) is 0 Å². The summed E-state index contributed by atoms with van der Waals surface area (Å²) in [5, 5.41) is 11.2. The molecule has 0 aliphatic carbocycles. The maximum absolute atomic E-state index is 13.3. The number of ether oxygens (including phenoxy) is 1. The Morgan fingerprint density at radius 3 is 2.70 bits per heavy atom. The second-order valence-corrected chi connectivity index (χ2v) is 8.63. The minimum atomic E-state index is -0.845. The van der Waals surface area contributed by atoms with Crippen molar-refractivity contribution in [1.82, 2.24) is 4.98 Å². The second-order valence-electron chi connectivity index (χ2n) is 7.62. The highest BCUT2D eigenvalue weighted by molar-refractivity contribution is 7.22. The molecule has 0 spiro atoms. The Hall–Kier alpha value is -3.91. The number of carbonyl (C=O) groups excluding carboxylic acids is 2. The van der Waals surface area contributed by atoms with Crippen molar-refractivity contribution in [2.75, 3.05) is 11.5 Å². The van der Waals surface area contributed by atoms with E-state index in [4.69, 9.17) is 9.15 Å². The van der Waals surface area contributed by atoms with Gasteiger partial charge in [-0.3, -0.25) is 14.5 Å². The van der Waals surface area contributed by atoms with Crippen LogP contribution in [0.25, 0.3) is 10.2 Å². The van der Waals surface area contributed by atoms with Crippen LogP contribution >= 0.6 is 11.3 Å². The number of furan rings is 1. The number of aliphatic hydroxyl groups is 1. The van der Waals surface area contributed by atoms with E-state index >= 15 is 0 Å². The first-order chi connectivity index (χ1) is 16.0. The summed E-state index contributed by atoms with van der Waals surface area (Å²) in [5.41, 5.74) is 2.37. The van der Waals surface area contributed by atoms with E-state index in [-0.39, 0.29) is 11.3 Å². The number of fused-ring (bicyclic) bond motifs is 1. The molecule has 1 aliphatic heterocycles. The molecule has 2 aromatic carbocycles. The number of nitrogens with zero attached hydrogens (tertiary/aromatic N) is 2. The molecule has 0 radical (unpaired) electrons. The third kappa shape index (κ3) is 3.58. The third-order valence-electron chi connectivity index (χ3n) is 5.46. The van der Waals surface area contributed by atoms with Gasteiger partial charge in [-0.25, -0.2) is 4.98 Å². The summed E-state index contributed by atoms with van der Waals surface area (Å²) in [6.07, 6.45) is 1.38. The number of Topliss-reactive ketones (excluding diaryl/α,β-unsaturated/α-hetero) is 1. The van der Waals surface area contributed by atoms with Crippen LogP contribution in [0.15, 0.2) is 76.6 Å². The number of benzene rings is 2. The highest BCUT2D eigenvalue weighted by Crippen LogP contribution is 2.44. The number of anilines is 1. The molecule has 0 saturated carbocycles. The Kier molecular flexibility index (Phi) is 5.22. The lowest BCUT2D eigenvalue weighted by Crippen LogP contribution is -2.30. The monoisotopic (exact) mass is 460 g/mol. The summed E-state index contributed by atoms with van der Waals surface area (Å²) in [6.45, 7) is 4.39. The van der Waals surface area contributed by atoms with Crippen molar-refractivity contribution in [3.05, 3.63) is 89.1 Å². The van der Waals surface area contributed by atoms with Crippen LogP contribution in [0.1, 0.15) is 34.6 Å². The van der Waals surface area contributed by atoms with Crippen LogP contribution in [0.4, 0.5) is 5.13 Å². The summed E-state index contributed by atoms with van der Waals surface area (Å²) >= 11 is 1.29. The van der Waals surface area contributed by atoms with Crippen molar-refractivity contribution in [1.29, 1.82) is 0 Å². The SMILES string of the molecule is CCOc1ccc2nc(N3C(=O)C(O)=C(C(=O)c4ccco4)[C@@H]3c3ccc(C)cc3)sc2c1. The first-order valence-electron chi connectivity index (χ1n) is 10.4. The minimum absolute atomic E-state index is 0.0342. The van der Waals surface area contributed by atoms with Crippen LogP contribution < -0.4 is 9.64 Å². The molecular formula is C25H20N2O5S. The largest absolute Gasteiger partial charge is 0.503 e. The van der Waals surface area contributed by atoms with Gasteiger partial charge in [-0.1, -0.05) is 41.2 Å². The van der Waals surface area contributed by atoms with Crippen LogP contribution in [0.3, 0.4) is 0 Å². The van der Waals surface area contributed by atoms with Crippen molar-refractivity contribution < 1.29 is 23.8 Å². The van der Waals surface area contributed by atoms with Gasteiger partial charge in [-0.2, -0.15) is 0 Å². The predicted octanol–water partition coefficient (Wildman–Crippen LogP) is 5.38. The van der Waals surface area contributed by atoms with E-state index in [9.17, 15) is 14.7 Å². The quantitative estimate of drug-likeness (QED) is 0.389. The van der Waals surface area contributed by atoms with Crippen molar-refractivity contribution in [2.24, 2.45) is 0 Å². The van der Waals surface area contributed by atoms with Gasteiger partial charge in [-0.15, -0.1) is 0 Å². The van der Waals surface area contributed by atoms with Gasteiger partial charge in [0.2, 0.25) is 5.78 Å². The van der Waals surface area contributed by atoms with Crippen LogP contribution in [-0.4, -0.2) is 28.4 Å². The Labute approximate surface area is 193 Å². The number of hydrogen-bond donors (Lipinski definition) is 1. The van der Waals surface area contributed by atoms with E-state index in [0.29, 0.717) is 28.6 Å². The van der Waals surface area contributed by atoms with Crippen molar-refractivity contribution in [2.45, 2.75) is 19.9 Å². The topological polar surface area (TPSA) is 92.9 Å². The van der Waals surface area contributed by atoms with Gasteiger partial charge < -0.3 is 14.3 Å². The molecule has 4 aromatic rings. The van der Waals surface area contributed by atoms with E-state index in [1.807, 2.05) is 56.3 Å². The Morgan fingerprint density at radius 2 is 2.00 bits per heavy atom. The highest BCUT2D eigenvalue weighted by Gasteiger charge is 2.46.